The third-order valence-electron chi connectivity index (χ3n) is 2.09. The highest BCUT2D eigenvalue weighted by Gasteiger charge is 2.27. The highest BCUT2D eigenvalue weighted by molar-refractivity contribution is 14.1. The molecule has 0 aromatic heterocycles. The Hall–Kier alpha value is -0.790. The molecule has 0 aliphatic carbocycles. The topological polar surface area (TPSA) is 137 Å². The van der Waals surface area contributed by atoms with Crippen molar-refractivity contribution in [3.8, 4) is 0 Å². The van der Waals surface area contributed by atoms with Crippen LogP contribution in [0.1, 0.15) is 0 Å². The minimum absolute atomic E-state index is 0.495. The van der Waals surface area contributed by atoms with E-state index in [-0.39, 0.29) is 0 Å². The number of hydrogen-bond donors (Lipinski definition) is 1. The van der Waals surface area contributed by atoms with Crippen molar-refractivity contribution in [1.82, 2.24) is 0 Å². The number of benzene rings is 1. The second kappa shape index (κ2) is 5.68. The van der Waals surface area contributed by atoms with E-state index in [1.54, 1.807) is 22.6 Å². The van der Waals surface area contributed by atoms with Gasteiger partial charge in [0.2, 0.25) is 10.0 Å². The Bertz CT molecular complexity index is 713. The summed E-state index contributed by atoms with van der Waals surface area (Å²) in [4.78, 5) is 9.48. The quantitative estimate of drug-likeness (QED) is 0.412. The average molecular weight is 420 g/mol. The fourth-order valence-electron chi connectivity index (χ4n) is 1.23. The molecule has 0 bridgehead atoms. The van der Waals surface area contributed by atoms with Crippen LogP contribution in [-0.2, 0) is 19.9 Å². The Labute approximate surface area is 123 Å². The van der Waals surface area contributed by atoms with Gasteiger partial charge in [0.1, 0.15) is 4.90 Å². The van der Waals surface area contributed by atoms with Crippen LogP contribution < -0.4 is 5.14 Å². The van der Waals surface area contributed by atoms with Gasteiger partial charge in [-0.2, -0.15) is 0 Å². The van der Waals surface area contributed by atoms with Crippen molar-refractivity contribution >= 4 is 48.1 Å². The van der Waals surface area contributed by atoms with Gasteiger partial charge in [0.05, 0.1) is 16.4 Å². The predicted octanol–water partition coefficient (Wildman–Crippen LogP) is 0.262. The average Bonchev–Trinajstić information content (AvgIpc) is 2.25. The van der Waals surface area contributed by atoms with Crippen LogP contribution in [-0.4, -0.2) is 33.3 Å². The number of nitrogens with two attached hydrogens (primary N) is 1. The number of halogens is 1. The summed E-state index contributed by atoms with van der Waals surface area (Å²) in [5.41, 5.74) is -0.582. The molecule has 1 aromatic carbocycles. The van der Waals surface area contributed by atoms with Crippen LogP contribution in [0.25, 0.3) is 0 Å². The molecule has 19 heavy (non-hydrogen) atoms. The van der Waals surface area contributed by atoms with Gasteiger partial charge in [-0.25, -0.2) is 22.0 Å². The monoisotopic (exact) mass is 420 g/mol. The van der Waals surface area contributed by atoms with Gasteiger partial charge in [0, 0.05) is 9.64 Å². The molecular formula is C8H9IN2O6S2. The van der Waals surface area contributed by atoms with Gasteiger partial charge < -0.3 is 0 Å². The largest absolute Gasteiger partial charge is 0.289 e. The van der Waals surface area contributed by atoms with Crippen molar-refractivity contribution in [2.75, 3.05) is 11.5 Å². The molecule has 1 rings (SSSR count). The number of sulfone groups is 1. The third kappa shape index (κ3) is 4.67. The van der Waals surface area contributed by atoms with E-state index in [0.29, 0.717) is 3.57 Å². The molecule has 106 valence electrons. The van der Waals surface area contributed by atoms with E-state index in [0.717, 1.165) is 12.1 Å². The van der Waals surface area contributed by atoms with Crippen LogP contribution in [0.15, 0.2) is 23.1 Å². The van der Waals surface area contributed by atoms with Crippen molar-refractivity contribution in [1.29, 1.82) is 0 Å². The van der Waals surface area contributed by atoms with Crippen LogP contribution >= 0.6 is 22.6 Å². The van der Waals surface area contributed by atoms with E-state index < -0.39 is 46.9 Å². The van der Waals surface area contributed by atoms with Gasteiger partial charge in [-0.1, -0.05) is 0 Å². The molecule has 0 heterocycles. The van der Waals surface area contributed by atoms with Crippen molar-refractivity contribution in [2.24, 2.45) is 5.14 Å². The lowest BCUT2D eigenvalue weighted by molar-refractivity contribution is -0.387. The first kappa shape index (κ1) is 16.3. The highest BCUT2D eigenvalue weighted by Crippen LogP contribution is 2.26. The smallest absolute Gasteiger partial charge is 0.258 e. The summed E-state index contributed by atoms with van der Waals surface area (Å²) in [6, 6.07) is 3.57. The van der Waals surface area contributed by atoms with E-state index in [1.165, 1.54) is 6.07 Å². The minimum atomic E-state index is -4.09. The first-order valence-corrected chi connectivity index (χ1v) is 9.15. The molecule has 8 nitrogen and oxygen atoms in total. The summed E-state index contributed by atoms with van der Waals surface area (Å²) in [7, 11) is -8.05. The zero-order chi connectivity index (χ0) is 14.8. The van der Waals surface area contributed by atoms with Crippen molar-refractivity contribution in [3.05, 3.63) is 31.9 Å². The second-order valence-corrected chi connectivity index (χ2v) is 8.61. The van der Waals surface area contributed by atoms with E-state index in [1.807, 2.05) is 0 Å². The van der Waals surface area contributed by atoms with Crippen molar-refractivity contribution in [2.45, 2.75) is 4.90 Å². The second-order valence-electron chi connectivity index (χ2n) is 3.56. The number of nitro groups is 1. The molecule has 0 atom stereocenters. The molecule has 0 saturated carbocycles. The summed E-state index contributed by atoms with van der Waals surface area (Å²) >= 11 is 1.80. The molecule has 1 aromatic rings. The summed E-state index contributed by atoms with van der Waals surface area (Å²) in [5.74, 6) is -1.59. The maximum absolute atomic E-state index is 11.9. The summed E-state index contributed by atoms with van der Waals surface area (Å²) in [5, 5.41) is 15.5. The third-order valence-corrected chi connectivity index (χ3v) is 5.55. The van der Waals surface area contributed by atoms with Crippen LogP contribution in [0.3, 0.4) is 0 Å². The SMILES string of the molecule is NS(=O)(=O)CCS(=O)(=O)c1ccc(I)cc1[N+](=O)[O-]. The molecule has 0 fully saturated rings. The number of nitrogens with zero attached hydrogens (tertiary/aromatic N) is 1. The first-order valence-electron chi connectivity index (χ1n) is 4.70. The van der Waals surface area contributed by atoms with E-state index >= 15 is 0 Å². The van der Waals surface area contributed by atoms with E-state index in [4.69, 9.17) is 5.14 Å². The highest BCUT2D eigenvalue weighted by atomic mass is 127. The van der Waals surface area contributed by atoms with E-state index in [2.05, 4.69) is 0 Å². The van der Waals surface area contributed by atoms with Crippen LogP contribution in [0, 0.1) is 13.7 Å². The molecule has 0 spiro atoms. The lowest BCUT2D eigenvalue weighted by Crippen LogP contribution is -2.23. The molecule has 0 saturated heterocycles. The van der Waals surface area contributed by atoms with Gasteiger partial charge in [-0.15, -0.1) is 0 Å². The molecule has 0 unspecified atom stereocenters. The van der Waals surface area contributed by atoms with Crippen LogP contribution in [0.2, 0.25) is 0 Å². The molecule has 0 amide bonds. The predicted molar refractivity (Wildman–Crippen MR) is 75.8 cm³/mol. The zero-order valence-corrected chi connectivity index (χ0v) is 13.1. The normalized spacial score (nSPS) is 12.3. The molecule has 2 N–H and O–H groups in total. The Kier molecular flexibility index (Phi) is 4.86. The Balaban J connectivity index is 3.25. The Morgan fingerprint density at radius 3 is 2.26 bits per heavy atom. The number of hydrogen-bond acceptors (Lipinski definition) is 6. The number of sulfonamides is 1. The lowest BCUT2D eigenvalue weighted by atomic mass is 10.3. The lowest BCUT2D eigenvalue weighted by Gasteiger charge is -2.05. The van der Waals surface area contributed by atoms with Gasteiger partial charge in [-0.3, -0.25) is 10.1 Å². The molecule has 0 aliphatic rings. The number of rotatable bonds is 5. The molecule has 11 heteroatoms. The standard InChI is InChI=1S/C8H9IN2O6S2/c9-6-1-2-8(7(5-6)11(12)13)18(14,15)3-4-19(10,16)17/h1-2,5H,3-4H2,(H2,10,16,17). The summed E-state index contributed by atoms with van der Waals surface area (Å²) < 4.78 is 45.8. The van der Waals surface area contributed by atoms with Gasteiger partial charge in [-0.05, 0) is 34.7 Å². The summed E-state index contributed by atoms with van der Waals surface area (Å²) in [6.07, 6.45) is 0. The molecular weight excluding hydrogens is 411 g/mol. The maximum Gasteiger partial charge on any atom is 0.289 e. The van der Waals surface area contributed by atoms with Crippen LogP contribution in [0.4, 0.5) is 5.69 Å². The first-order chi connectivity index (χ1) is 8.53. The van der Waals surface area contributed by atoms with Crippen molar-refractivity contribution in [3.63, 3.8) is 0 Å². The molecule has 0 radical (unpaired) electrons. The van der Waals surface area contributed by atoms with Gasteiger partial charge in [0.25, 0.3) is 5.69 Å². The number of nitro benzene ring substituents is 1. The Morgan fingerprint density at radius 1 is 1.21 bits per heavy atom. The minimum Gasteiger partial charge on any atom is -0.258 e. The zero-order valence-electron chi connectivity index (χ0n) is 9.31. The fourth-order valence-corrected chi connectivity index (χ4v) is 4.46. The van der Waals surface area contributed by atoms with Crippen molar-refractivity contribution < 1.29 is 21.8 Å². The van der Waals surface area contributed by atoms with E-state index in [9.17, 15) is 26.9 Å². The van der Waals surface area contributed by atoms with Gasteiger partial charge >= 0.3 is 0 Å². The van der Waals surface area contributed by atoms with Gasteiger partial charge in [0.15, 0.2) is 9.84 Å². The molecule has 0 aliphatic heterocycles. The maximum atomic E-state index is 11.9. The fraction of sp³-hybridized carbons (Fsp3) is 0.250. The summed E-state index contributed by atoms with van der Waals surface area (Å²) in [6.45, 7) is 0. The van der Waals surface area contributed by atoms with Crippen LogP contribution in [0.5, 0.6) is 0 Å². The Morgan fingerprint density at radius 2 is 1.79 bits per heavy atom. The number of primary sulfonamides is 1.